The van der Waals surface area contributed by atoms with Gasteiger partial charge in [0.25, 0.3) is 0 Å². The van der Waals surface area contributed by atoms with Crippen LogP contribution in [0.25, 0.3) is 0 Å². The van der Waals surface area contributed by atoms with Gasteiger partial charge in [0, 0.05) is 28.7 Å². The Bertz CT molecular complexity index is 1260. The summed E-state index contributed by atoms with van der Waals surface area (Å²) < 4.78 is 28.2. The van der Waals surface area contributed by atoms with Gasteiger partial charge in [-0.3, -0.25) is 4.21 Å². The average molecular weight is 484 g/mol. The normalized spacial score (nSPS) is 16.6. The summed E-state index contributed by atoms with van der Waals surface area (Å²) in [6.07, 6.45) is 0.728. The van der Waals surface area contributed by atoms with E-state index in [4.69, 9.17) is 27.9 Å². The minimum absolute atomic E-state index is 0.136. The van der Waals surface area contributed by atoms with Crippen molar-refractivity contribution in [2.24, 2.45) is 0 Å². The molecule has 8 heteroatoms. The molecular formula is C24H17Cl2N2O3S-. The van der Waals surface area contributed by atoms with Crippen LogP contribution >= 0.6 is 23.2 Å². The molecule has 1 saturated heterocycles. The van der Waals surface area contributed by atoms with Gasteiger partial charge in [0.15, 0.2) is 5.75 Å². The number of halogens is 2. The Balaban J connectivity index is 1.58. The number of allylic oxidation sites excluding steroid dienone is 1. The number of hydrogen-bond donors (Lipinski definition) is 0. The van der Waals surface area contributed by atoms with Crippen LogP contribution in [0.2, 0.25) is 10.0 Å². The molecule has 32 heavy (non-hydrogen) atoms. The van der Waals surface area contributed by atoms with Crippen LogP contribution in [-0.4, -0.2) is 15.3 Å². The van der Waals surface area contributed by atoms with E-state index in [1.54, 1.807) is 48.5 Å². The third kappa shape index (κ3) is 4.52. The Morgan fingerprint density at radius 2 is 1.88 bits per heavy atom. The van der Waals surface area contributed by atoms with Crippen LogP contribution in [0.15, 0.2) is 77.8 Å². The highest BCUT2D eigenvalue weighted by atomic mass is 35.5. The Kier molecular flexibility index (Phi) is 6.54. The predicted molar refractivity (Wildman–Crippen MR) is 125 cm³/mol. The van der Waals surface area contributed by atoms with Gasteiger partial charge in [-0.15, -0.1) is 0 Å². The van der Waals surface area contributed by atoms with Gasteiger partial charge in [-0.2, -0.15) is 5.26 Å². The quantitative estimate of drug-likeness (QED) is 0.392. The summed E-state index contributed by atoms with van der Waals surface area (Å²) >= 11 is 10.3. The standard InChI is InChI=1S/C24H18Cl2N2O3S/c1-15-11-18(14-28(15)19-6-8-20(9-7-19)32(29)30)16-5-10-21(25)23(12-16)31-24-17(13-27)3-2-4-22(24)26/h2-10,12,18H,1,11,14H2,(H,29,30)/p-1/t18-/m0/s1. The molecular weight excluding hydrogens is 467 g/mol. The lowest BCUT2D eigenvalue weighted by Gasteiger charge is -2.21. The number of ether oxygens (including phenoxy) is 1. The second-order valence-electron chi connectivity index (χ2n) is 7.33. The van der Waals surface area contributed by atoms with E-state index in [-0.39, 0.29) is 16.6 Å². The van der Waals surface area contributed by atoms with E-state index in [1.165, 1.54) is 0 Å². The van der Waals surface area contributed by atoms with Crippen molar-refractivity contribution in [2.45, 2.75) is 17.2 Å². The van der Waals surface area contributed by atoms with Crippen LogP contribution in [-0.2, 0) is 11.1 Å². The van der Waals surface area contributed by atoms with Gasteiger partial charge >= 0.3 is 0 Å². The van der Waals surface area contributed by atoms with Crippen molar-refractivity contribution < 1.29 is 13.5 Å². The van der Waals surface area contributed by atoms with Crippen molar-refractivity contribution in [2.75, 3.05) is 11.4 Å². The molecule has 0 radical (unpaired) electrons. The molecule has 1 heterocycles. The first-order chi connectivity index (χ1) is 15.4. The number of para-hydroxylation sites is 1. The second-order valence-corrected chi connectivity index (χ2v) is 9.08. The molecule has 0 aromatic heterocycles. The van der Waals surface area contributed by atoms with Crippen LogP contribution in [0.4, 0.5) is 5.69 Å². The highest BCUT2D eigenvalue weighted by molar-refractivity contribution is 7.79. The Morgan fingerprint density at radius 1 is 1.12 bits per heavy atom. The summed E-state index contributed by atoms with van der Waals surface area (Å²) in [5.41, 5.74) is 3.14. The molecule has 3 aromatic rings. The average Bonchev–Trinajstić information content (AvgIpc) is 3.18. The highest BCUT2D eigenvalue weighted by Crippen LogP contribution is 2.41. The smallest absolute Gasteiger partial charge is 0.163 e. The lowest BCUT2D eigenvalue weighted by Crippen LogP contribution is -2.17. The maximum Gasteiger partial charge on any atom is 0.163 e. The van der Waals surface area contributed by atoms with E-state index in [9.17, 15) is 14.0 Å². The summed E-state index contributed by atoms with van der Waals surface area (Å²) in [7, 11) is 0. The maximum atomic E-state index is 11.1. The van der Waals surface area contributed by atoms with Gasteiger partial charge in [-0.05, 0) is 71.6 Å². The number of nitriles is 1. The molecule has 0 amide bonds. The molecule has 162 valence electrons. The fraction of sp³-hybridized carbons (Fsp3) is 0.125. The lowest BCUT2D eigenvalue weighted by molar-refractivity contribution is 0.480. The van der Waals surface area contributed by atoms with Gasteiger partial charge in [0.1, 0.15) is 11.8 Å². The minimum Gasteiger partial charge on any atom is -0.768 e. The van der Waals surface area contributed by atoms with Crippen molar-refractivity contribution in [3.8, 4) is 17.6 Å². The maximum absolute atomic E-state index is 11.1. The topological polar surface area (TPSA) is 76.4 Å². The SMILES string of the molecule is C=C1C[C@H](c2ccc(Cl)c(Oc3c(Cl)cccc3C#N)c2)CN1c1ccc(S(=O)[O-])cc1. The predicted octanol–water partition coefficient (Wildman–Crippen LogP) is 6.40. The molecule has 0 bridgehead atoms. The number of hydrogen-bond acceptors (Lipinski definition) is 5. The summed E-state index contributed by atoms with van der Waals surface area (Å²) in [5.74, 6) is 0.821. The molecule has 1 aliphatic heterocycles. The van der Waals surface area contributed by atoms with Gasteiger partial charge < -0.3 is 14.2 Å². The molecule has 2 atom stereocenters. The number of nitrogens with zero attached hydrogens (tertiary/aromatic N) is 2. The fourth-order valence-electron chi connectivity index (χ4n) is 3.72. The van der Waals surface area contributed by atoms with Crippen LogP contribution in [0.3, 0.4) is 0 Å². The number of benzene rings is 3. The molecule has 0 N–H and O–H groups in total. The Labute approximate surface area is 198 Å². The second kappa shape index (κ2) is 9.35. The molecule has 1 unspecified atom stereocenters. The molecule has 1 fully saturated rings. The lowest BCUT2D eigenvalue weighted by atomic mass is 9.97. The van der Waals surface area contributed by atoms with Gasteiger partial charge in [-0.1, -0.05) is 41.9 Å². The molecule has 3 aromatic carbocycles. The van der Waals surface area contributed by atoms with E-state index >= 15 is 0 Å². The number of anilines is 1. The Morgan fingerprint density at radius 3 is 2.56 bits per heavy atom. The minimum atomic E-state index is -2.26. The van der Waals surface area contributed by atoms with Crippen molar-refractivity contribution in [3.63, 3.8) is 0 Å². The van der Waals surface area contributed by atoms with Crippen molar-refractivity contribution in [1.29, 1.82) is 5.26 Å². The van der Waals surface area contributed by atoms with Crippen LogP contribution in [0.1, 0.15) is 23.5 Å². The van der Waals surface area contributed by atoms with Gasteiger partial charge in [0.05, 0.1) is 15.6 Å². The van der Waals surface area contributed by atoms with Crippen LogP contribution in [0, 0.1) is 11.3 Å². The highest BCUT2D eigenvalue weighted by Gasteiger charge is 2.28. The van der Waals surface area contributed by atoms with E-state index in [0.717, 1.165) is 23.4 Å². The summed E-state index contributed by atoms with van der Waals surface area (Å²) in [5, 5.41) is 10.1. The fourth-order valence-corrected chi connectivity index (χ4v) is 4.45. The first kappa shape index (κ1) is 22.4. The van der Waals surface area contributed by atoms with E-state index in [2.05, 4.69) is 17.5 Å². The van der Waals surface area contributed by atoms with Crippen LogP contribution < -0.4 is 9.64 Å². The summed E-state index contributed by atoms with van der Waals surface area (Å²) in [6, 6.07) is 19.3. The zero-order valence-electron chi connectivity index (χ0n) is 16.8. The first-order valence-corrected chi connectivity index (χ1v) is 11.5. The van der Waals surface area contributed by atoms with E-state index in [1.807, 2.05) is 12.1 Å². The zero-order chi connectivity index (χ0) is 22.8. The van der Waals surface area contributed by atoms with Gasteiger partial charge in [-0.25, -0.2) is 0 Å². The van der Waals surface area contributed by atoms with Crippen molar-refractivity contribution in [3.05, 3.63) is 94.1 Å². The molecule has 5 nitrogen and oxygen atoms in total. The Hall–Kier alpha value is -2.82. The van der Waals surface area contributed by atoms with E-state index in [0.29, 0.717) is 27.9 Å². The van der Waals surface area contributed by atoms with Crippen molar-refractivity contribution >= 4 is 40.0 Å². The third-order valence-electron chi connectivity index (χ3n) is 5.33. The molecule has 0 spiro atoms. The largest absolute Gasteiger partial charge is 0.768 e. The summed E-state index contributed by atoms with van der Waals surface area (Å²) in [6.45, 7) is 4.86. The third-order valence-corrected chi connectivity index (χ3v) is 6.60. The number of rotatable bonds is 5. The van der Waals surface area contributed by atoms with Crippen LogP contribution in [0.5, 0.6) is 11.5 Å². The van der Waals surface area contributed by atoms with Crippen molar-refractivity contribution in [1.82, 2.24) is 0 Å². The van der Waals surface area contributed by atoms with E-state index < -0.39 is 11.1 Å². The molecule has 0 aliphatic carbocycles. The molecule has 4 rings (SSSR count). The molecule has 1 aliphatic rings. The monoisotopic (exact) mass is 483 g/mol. The van der Waals surface area contributed by atoms with Gasteiger partial charge in [0.2, 0.25) is 0 Å². The zero-order valence-corrected chi connectivity index (χ0v) is 19.1. The molecule has 0 saturated carbocycles. The first-order valence-electron chi connectivity index (χ1n) is 9.68. The summed E-state index contributed by atoms with van der Waals surface area (Å²) in [4.78, 5) is 2.31.